The van der Waals surface area contributed by atoms with Crippen LogP contribution in [0.1, 0.15) is 27.2 Å². The van der Waals surface area contributed by atoms with E-state index in [1.54, 1.807) is 23.5 Å². The van der Waals surface area contributed by atoms with Crippen molar-refractivity contribution < 1.29 is 9.90 Å². The van der Waals surface area contributed by atoms with Crippen LogP contribution in [-0.2, 0) is 6.54 Å². The number of aliphatic hydroxyl groups excluding tert-OH is 1. The van der Waals surface area contributed by atoms with Crippen LogP contribution in [0.3, 0.4) is 0 Å². The maximum absolute atomic E-state index is 11.9. The van der Waals surface area contributed by atoms with Gasteiger partial charge in [0.05, 0.1) is 0 Å². The number of carbonyl (C=O) groups is 1. The number of hydrogen-bond donors (Lipinski definition) is 2. The van der Waals surface area contributed by atoms with Crippen LogP contribution in [0.2, 0.25) is 0 Å². The lowest BCUT2D eigenvalue weighted by Crippen LogP contribution is -2.23. The van der Waals surface area contributed by atoms with E-state index in [1.807, 2.05) is 17.7 Å². The van der Waals surface area contributed by atoms with E-state index in [9.17, 15) is 4.79 Å². The molecule has 0 saturated carbocycles. The Morgan fingerprint density at radius 3 is 2.90 bits per heavy atom. The maximum atomic E-state index is 11.9. The zero-order valence-corrected chi connectivity index (χ0v) is 11.8. The van der Waals surface area contributed by atoms with Crippen molar-refractivity contribution >= 4 is 17.2 Å². The Bertz CT molecular complexity index is 651. The molecular weight excluding hydrogens is 272 g/mol. The van der Waals surface area contributed by atoms with Gasteiger partial charge in [0.1, 0.15) is 12.3 Å². The van der Waals surface area contributed by atoms with E-state index in [1.165, 1.54) is 11.8 Å². The second-order valence-electron chi connectivity index (χ2n) is 4.15. The van der Waals surface area contributed by atoms with Crippen LogP contribution < -0.4 is 5.32 Å². The third-order valence-corrected chi connectivity index (χ3v) is 3.62. The Balaban J connectivity index is 1.97. The third kappa shape index (κ3) is 3.67. The fourth-order valence-corrected chi connectivity index (χ4v) is 2.43. The van der Waals surface area contributed by atoms with Gasteiger partial charge in [-0.05, 0) is 40.9 Å². The molecule has 1 amide bonds. The maximum Gasteiger partial charge on any atom is 0.270 e. The highest BCUT2D eigenvalue weighted by Crippen LogP contribution is 2.13. The van der Waals surface area contributed by atoms with E-state index in [0.717, 1.165) is 5.56 Å². The molecule has 2 rings (SSSR count). The van der Waals surface area contributed by atoms with E-state index in [4.69, 9.17) is 5.11 Å². The summed E-state index contributed by atoms with van der Waals surface area (Å²) in [5, 5.41) is 15.5. The van der Waals surface area contributed by atoms with E-state index in [0.29, 0.717) is 17.8 Å². The molecule has 2 aromatic rings. The SMILES string of the molecule is Cc1cscc1CNC(=O)c1ccc(C#CCO)cn1. The molecule has 2 aromatic heterocycles. The molecule has 0 saturated heterocycles. The first-order valence-corrected chi connectivity index (χ1v) is 7.00. The molecule has 5 heteroatoms. The number of rotatable bonds is 3. The fourth-order valence-electron chi connectivity index (χ4n) is 1.58. The average molecular weight is 286 g/mol. The molecule has 0 radical (unpaired) electrons. The first-order valence-electron chi connectivity index (χ1n) is 6.06. The minimum atomic E-state index is -0.211. The number of aromatic nitrogens is 1. The molecule has 2 heterocycles. The number of aryl methyl sites for hydroxylation is 1. The minimum Gasteiger partial charge on any atom is -0.384 e. The van der Waals surface area contributed by atoms with Crippen molar-refractivity contribution in [1.29, 1.82) is 0 Å². The number of nitrogens with one attached hydrogen (secondary N) is 1. The first-order chi connectivity index (χ1) is 9.70. The summed E-state index contributed by atoms with van der Waals surface area (Å²) in [5.41, 5.74) is 3.32. The number of aliphatic hydroxyl groups is 1. The van der Waals surface area contributed by atoms with E-state index in [2.05, 4.69) is 22.1 Å². The normalized spacial score (nSPS) is 9.70. The summed E-state index contributed by atoms with van der Waals surface area (Å²) in [5.74, 6) is 5.05. The molecule has 0 aromatic carbocycles. The zero-order chi connectivity index (χ0) is 14.4. The summed E-state index contributed by atoms with van der Waals surface area (Å²) < 4.78 is 0. The quantitative estimate of drug-likeness (QED) is 0.845. The lowest BCUT2D eigenvalue weighted by atomic mass is 10.2. The van der Waals surface area contributed by atoms with Gasteiger partial charge in [-0.1, -0.05) is 11.8 Å². The van der Waals surface area contributed by atoms with Gasteiger partial charge in [0.25, 0.3) is 5.91 Å². The van der Waals surface area contributed by atoms with Crippen LogP contribution in [-0.4, -0.2) is 22.6 Å². The summed E-state index contributed by atoms with van der Waals surface area (Å²) in [6, 6.07) is 3.33. The van der Waals surface area contributed by atoms with Crippen molar-refractivity contribution in [2.75, 3.05) is 6.61 Å². The van der Waals surface area contributed by atoms with Crippen molar-refractivity contribution in [3.63, 3.8) is 0 Å². The predicted molar refractivity (Wildman–Crippen MR) is 78.4 cm³/mol. The number of nitrogens with zero attached hydrogens (tertiary/aromatic N) is 1. The second-order valence-corrected chi connectivity index (χ2v) is 4.90. The Morgan fingerprint density at radius 1 is 1.45 bits per heavy atom. The Labute approximate surface area is 121 Å². The third-order valence-electron chi connectivity index (χ3n) is 2.71. The summed E-state index contributed by atoms with van der Waals surface area (Å²) in [6.45, 7) is 2.33. The summed E-state index contributed by atoms with van der Waals surface area (Å²) >= 11 is 1.62. The number of hydrogen-bond acceptors (Lipinski definition) is 4. The molecule has 102 valence electrons. The van der Waals surface area contributed by atoms with Crippen LogP contribution >= 0.6 is 11.3 Å². The summed E-state index contributed by atoms with van der Waals surface area (Å²) in [6.07, 6.45) is 1.52. The van der Waals surface area contributed by atoms with E-state index >= 15 is 0 Å². The molecule has 2 N–H and O–H groups in total. The van der Waals surface area contributed by atoms with E-state index < -0.39 is 0 Å². The molecule has 0 unspecified atom stereocenters. The van der Waals surface area contributed by atoms with Gasteiger partial charge in [0.2, 0.25) is 0 Å². The highest BCUT2D eigenvalue weighted by atomic mass is 32.1. The molecule has 20 heavy (non-hydrogen) atoms. The van der Waals surface area contributed by atoms with Crippen molar-refractivity contribution in [3.8, 4) is 11.8 Å². The standard InChI is InChI=1S/C15H14N2O2S/c1-11-9-20-10-13(11)8-17-15(19)14-5-4-12(7-16-14)3-2-6-18/h4-5,7,9-10,18H,6,8H2,1H3,(H,17,19). The monoisotopic (exact) mass is 286 g/mol. The molecular formula is C15H14N2O2S. The lowest BCUT2D eigenvalue weighted by molar-refractivity contribution is 0.0946. The van der Waals surface area contributed by atoms with Crippen LogP contribution in [0.5, 0.6) is 0 Å². The second kappa shape index (κ2) is 6.85. The van der Waals surface area contributed by atoms with Gasteiger partial charge in [-0.25, -0.2) is 4.98 Å². The van der Waals surface area contributed by atoms with Gasteiger partial charge < -0.3 is 10.4 Å². The zero-order valence-electron chi connectivity index (χ0n) is 11.0. The van der Waals surface area contributed by atoms with Gasteiger partial charge in [-0.15, -0.1) is 0 Å². The van der Waals surface area contributed by atoms with E-state index in [-0.39, 0.29) is 12.5 Å². The smallest absolute Gasteiger partial charge is 0.270 e. The average Bonchev–Trinajstić information content (AvgIpc) is 2.88. The fraction of sp³-hybridized carbons (Fsp3) is 0.200. The molecule has 0 aliphatic rings. The highest BCUT2D eigenvalue weighted by Gasteiger charge is 2.07. The van der Waals surface area contributed by atoms with Gasteiger partial charge in [-0.2, -0.15) is 11.3 Å². The van der Waals surface area contributed by atoms with Crippen LogP contribution in [0.4, 0.5) is 0 Å². The molecule has 0 bridgehead atoms. The summed E-state index contributed by atoms with van der Waals surface area (Å²) in [7, 11) is 0. The molecule has 0 spiro atoms. The van der Waals surface area contributed by atoms with Gasteiger partial charge >= 0.3 is 0 Å². The largest absolute Gasteiger partial charge is 0.384 e. The minimum absolute atomic E-state index is 0.192. The molecule has 0 fully saturated rings. The van der Waals surface area contributed by atoms with Crippen molar-refractivity contribution in [2.45, 2.75) is 13.5 Å². The van der Waals surface area contributed by atoms with Crippen molar-refractivity contribution in [1.82, 2.24) is 10.3 Å². The molecule has 0 aliphatic carbocycles. The molecule has 0 atom stereocenters. The topological polar surface area (TPSA) is 62.2 Å². The van der Waals surface area contributed by atoms with Crippen LogP contribution in [0.25, 0.3) is 0 Å². The van der Waals surface area contributed by atoms with Crippen LogP contribution in [0, 0.1) is 18.8 Å². The number of thiophene rings is 1. The first kappa shape index (κ1) is 14.3. The molecule has 0 aliphatic heterocycles. The summed E-state index contributed by atoms with van der Waals surface area (Å²) in [4.78, 5) is 16.0. The Morgan fingerprint density at radius 2 is 2.30 bits per heavy atom. The lowest BCUT2D eigenvalue weighted by Gasteiger charge is -2.04. The number of pyridine rings is 1. The molecule has 4 nitrogen and oxygen atoms in total. The van der Waals surface area contributed by atoms with Gasteiger partial charge in [0.15, 0.2) is 0 Å². The van der Waals surface area contributed by atoms with Crippen LogP contribution in [0.15, 0.2) is 29.1 Å². The van der Waals surface area contributed by atoms with Gasteiger partial charge in [-0.3, -0.25) is 4.79 Å². The van der Waals surface area contributed by atoms with Crippen molar-refractivity contribution in [3.05, 3.63) is 51.5 Å². The Hall–Kier alpha value is -2.16. The predicted octanol–water partition coefficient (Wildman–Crippen LogP) is 1.73. The number of carbonyl (C=O) groups excluding carboxylic acids is 1. The number of amides is 1. The highest BCUT2D eigenvalue weighted by molar-refractivity contribution is 7.08. The van der Waals surface area contributed by atoms with Gasteiger partial charge in [0, 0.05) is 18.3 Å². The Kier molecular flexibility index (Phi) is 4.88. The van der Waals surface area contributed by atoms with Crippen molar-refractivity contribution in [2.24, 2.45) is 0 Å².